The Hall–Kier alpha value is -3.55. The maximum Gasteiger partial charge on any atom is 0.227 e. The molecule has 2 aromatic heterocycles. The molecule has 0 aliphatic heterocycles. The fraction of sp³-hybridized carbons (Fsp3) is 0.211. The van der Waals surface area contributed by atoms with Crippen molar-refractivity contribution in [3.8, 4) is 0 Å². The van der Waals surface area contributed by atoms with E-state index in [1.54, 1.807) is 24.5 Å². The van der Waals surface area contributed by atoms with E-state index in [9.17, 15) is 9.59 Å². The van der Waals surface area contributed by atoms with Gasteiger partial charge >= 0.3 is 0 Å². The molecule has 0 atom stereocenters. The first-order valence-corrected chi connectivity index (χ1v) is 8.46. The van der Waals surface area contributed by atoms with Crippen LogP contribution in [0, 0.1) is 0 Å². The summed E-state index contributed by atoms with van der Waals surface area (Å²) in [5.41, 5.74) is 2.38. The monoisotopic (exact) mass is 365 g/mol. The van der Waals surface area contributed by atoms with Gasteiger partial charge in [0.15, 0.2) is 5.82 Å². The average molecular weight is 365 g/mol. The van der Waals surface area contributed by atoms with Crippen molar-refractivity contribution in [1.29, 1.82) is 0 Å². The molecule has 0 aliphatic rings. The van der Waals surface area contributed by atoms with Crippen molar-refractivity contribution in [2.45, 2.75) is 26.2 Å². The van der Waals surface area contributed by atoms with Crippen LogP contribution in [0.1, 0.15) is 30.6 Å². The van der Waals surface area contributed by atoms with Gasteiger partial charge in [0.1, 0.15) is 0 Å². The van der Waals surface area contributed by atoms with Crippen LogP contribution in [0.3, 0.4) is 0 Å². The highest BCUT2D eigenvalue weighted by Crippen LogP contribution is 2.13. The molecule has 27 heavy (non-hydrogen) atoms. The smallest absolute Gasteiger partial charge is 0.227 e. The summed E-state index contributed by atoms with van der Waals surface area (Å²) in [6, 6.07) is 10.9. The first-order valence-electron chi connectivity index (χ1n) is 8.46. The highest BCUT2D eigenvalue weighted by molar-refractivity contribution is 5.90. The molecule has 3 aromatic rings. The normalized spacial score (nSPS) is 10.4. The van der Waals surface area contributed by atoms with Crippen molar-refractivity contribution >= 4 is 23.2 Å². The number of nitrogens with zero attached hydrogens (tertiary/aromatic N) is 3. The first kappa shape index (κ1) is 18.2. The molecule has 1 aromatic carbocycles. The van der Waals surface area contributed by atoms with Crippen LogP contribution in [0.25, 0.3) is 0 Å². The van der Waals surface area contributed by atoms with Gasteiger partial charge in [-0.05, 0) is 29.8 Å². The molecule has 0 unspecified atom stereocenters. The summed E-state index contributed by atoms with van der Waals surface area (Å²) in [4.78, 5) is 31.2. The maximum absolute atomic E-state index is 11.9. The van der Waals surface area contributed by atoms with Gasteiger partial charge in [-0.1, -0.05) is 17.3 Å². The molecule has 2 N–H and O–H groups in total. The van der Waals surface area contributed by atoms with Gasteiger partial charge in [-0.3, -0.25) is 14.6 Å². The van der Waals surface area contributed by atoms with Gasteiger partial charge in [0.25, 0.3) is 0 Å². The molecule has 2 heterocycles. The second-order valence-electron chi connectivity index (χ2n) is 5.95. The molecule has 0 radical (unpaired) electrons. The Morgan fingerprint density at radius 1 is 1.07 bits per heavy atom. The minimum atomic E-state index is -0.142. The average Bonchev–Trinajstić information content (AvgIpc) is 3.09. The van der Waals surface area contributed by atoms with Crippen molar-refractivity contribution in [3.05, 3.63) is 66.1 Å². The van der Waals surface area contributed by atoms with Gasteiger partial charge in [-0.15, -0.1) is 0 Å². The molecule has 0 saturated heterocycles. The number of aromatic nitrogens is 3. The van der Waals surface area contributed by atoms with Crippen LogP contribution in [0.15, 0.2) is 53.3 Å². The number of pyridine rings is 1. The number of carbonyl (C=O) groups excluding carboxylic acids is 2. The van der Waals surface area contributed by atoms with Crippen LogP contribution < -0.4 is 10.6 Å². The van der Waals surface area contributed by atoms with Crippen molar-refractivity contribution in [2.75, 3.05) is 10.6 Å². The summed E-state index contributed by atoms with van der Waals surface area (Å²) in [7, 11) is 0. The minimum Gasteiger partial charge on any atom is -0.339 e. The van der Waals surface area contributed by atoms with E-state index < -0.39 is 0 Å². The van der Waals surface area contributed by atoms with Gasteiger partial charge in [0.2, 0.25) is 17.7 Å². The lowest BCUT2D eigenvalue weighted by atomic mass is 10.1. The third kappa shape index (κ3) is 5.74. The van der Waals surface area contributed by atoms with Crippen LogP contribution in [0.4, 0.5) is 11.4 Å². The molecule has 0 aliphatic carbocycles. The Morgan fingerprint density at radius 2 is 1.89 bits per heavy atom. The molecule has 138 valence electrons. The van der Waals surface area contributed by atoms with E-state index >= 15 is 0 Å². The minimum absolute atomic E-state index is 0.113. The highest BCUT2D eigenvalue weighted by atomic mass is 16.5. The third-order valence-corrected chi connectivity index (χ3v) is 3.66. The zero-order valence-electron chi connectivity index (χ0n) is 14.8. The fourth-order valence-electron chi connectivity index (χ4n) is 2.44. The van der Waals surface area contributed by atoms with E-state index in [1.807, 2.05) is 24.3 Å². The summed E-state index contributed by atoms with van der Waals surface area (Å²) in [5.74, 6) is 0.709. The Balaban J connectivity index is 1.49. The van der Waals surface area contributed by atoms with Crippen LogP contribution in [0.5, 0.6) is 0 Å². The fourth-order valence-corrected chi connectivity index (χ4v) is 2.44. The molecule has 8 nitrogen and oxygen atoms in total. The molecule has 2 amide bonds. The number of aryl methyl sites for hydroxylation is 1. The summed E-state index contributed by atoms with van der Waals surface area (Å²) >= 11 is 0. The molecule has 0 spiro atoms. The standard InChI is InChI=1S/C19H19N5O3/c1-13(25)21-15-6-4-14(5-7-15)11-17-23-19(27-24-17)9-8-18(26)22-16-3-2-10-20-12-16/h2-7,10,12H,8-9,11H2,1H3,(H,21,25)(H,22,26). The van der Waals surface area contributed by atoms with E-state index in [2.05, 4.69) is 25.8 Å². The number of hydrogen-bond acceptors (Lipinski definition) is 6. The summed E-state index contributed by atoms with van der Waals surface area (Å²) < 4.78 is 5.20. The molecule has 0 bridgehead atoms. The molecular weight excluding hydrogens is 346 g/mol. The number of nitrogens with one attached hydrogen (secondary N) is 2. The molecule has 8 heteroatoms. The lowest BCUT2D eigenvalue weighted by molar-refractivity contribution is -0.116. The SMILES string of the molecule is CC(=O)Nc1ccc(Cc2noc(CCC(=O)Nc3cccnc3)n2)cc1. The molecule has 0 saturated carbocycles. The van der Waals surface area contributed by atoms with Crippen LogP contribution >= 0.6 is 0 Å². The Kier molecular flexibility index (Phi) is 5.88. The summed E-state index contributed by atoms with van der Waals surface area (Å²) in [6.07, 6.45) is 4.33. The number of benzene rings is 1. The Morgan fingerprint density at radius 3 is 2.59 bits per heavy atom. The number of rotatable bonds is 7. The maximum atomic E-state index is 11.9. The first-order chi connectivity index (χ1) is 13.1. The van der Waals surface area contributed by atoms with E-state index in [1.165, 1.54) is 6.92 Å². The molecular formula is C19H19N5O3. The summed E-state index contributed by atoms with van der Waals surface area (Å²) in [6.45, 7) is 1.46. The molecule has 3 rings (SSSR count). The predicted molar refractivity (Wildman–Crippen MR) is 99.0 cm³/mol. The van der Waals surface area contributed by atoms with Crippen LogP contribution in [-0.2, 0) is 22.4 Å². The number of anilines is 2. The Labute approximate surface area is 156 Å². The lowest BCUT2D eigenvalue weighted by Gasteiger charge is -2.03. The van der Waals surface area contributed by atoms with Gasteiger partial charge in [-0.2, -0.15) is 4.98 Å². The van der Waals surface area contributed by atoms with E-state index in [4.69, 9.17) is 4.52 Å². The Bertz CT molecular complexity index is 907. The van der Waals surface area contributed by atoms with Gasteiger partial charge in [-0.25, -0.2) is 0 Å². The van der Waals surface area contributed by atoms with Crippen molar-refractivity contribution in [1.82, 2.24) is 15.1 Å². The van der Waals surface area contributed by atoms with E-state index in [0.29, 0.717) is 30.2 Å². The quantitative estimate of drug-likeness (QED) is 0.666. The predicted octanol–water partition coefficient (Wildman–Crippen LogP) is 2.59. The second kappa shape index (κ2) is 8.70. The van der Waals surface area contributed by atoms with Gasteiger partial charge in [0, 0.05) is 38.1 Å². The van der Waals surface area contributed by atoms with Crippen LogP contribution in [-0.4, -0.2) is 26.9 Å². The van der Waals surface area contributed by atoms with E-state index in [-0.39, 0.29) is 18.2 Å². The number of hydrogen-bond donors (Lipinski definition) is 2. The van der Waals surface area contributed by atoms with Gasteiger partial charge < -0.3 is 15.2 Å². The molecule has 0 fully saturated rings. The van der Waals surface area contributed by atoms with Crippen molar-refractivity contribution < 1.29 is 14.1 Å². The van der Waals surface area contributed by atoms with E-state index in [0.717, 1.165) is 11.3 Å². The largest absolute Gasteiger partial charge is 0.339 e. The van der Waals surface area contributed by atoms with Crippen molar-refractivity contribution in [3.63, 3.8) is 0 Å². The zero-order chi connectivity index (χ0) is 19.1. The zero-order valence-corrected chi connectivity index (χ0v) is 14.8. The van der Waals surface area contributed by atoms with Crippen LogP contribution in [0.2, 0.25) is 0 Å². The summed E-state index contributed by atoms with van der Waals surface area (Å²) in [5, 5.41) is 9.42. The third-order valence-electron chi connectivity index (χ3n) is 3.66. The second-order valence-corrected chi connectivity index (χ2v) is 5.95. The van der Waals surface area contributed by atoms with Crippen molar-refractivity contribution in [2.24, 2.45) is 0 Å². The number of carbonyl (C=O) groups is 2. The number of amides is 2. The highest BCUT2D eigenvalue weighted by Gasteiger charge is 2.10. The van der Waals surface area contributed by atoms with Gasteiger partial charge in [0.05, 0.1) is 11.9 Å². The lowest BCUT2D eigenvalue weighted by Crippen LogP contribution is -2.12. The topological polar surface area (TPSA) is 110 Å².